The number of aliphatic hydroxyl groups excluding tert-OH is 1. The number of terminal acetylenes is 1. The van der Waals surface area contributed by atoms with E-state index in [0.29, 0.717) is 6.42 Å². The maximum atomic E-state index is 10.9. The van der Waals surface area contributed by atoms with Crippen LogP contribution in [0.3, 0.4) is 0 Å². The molecule has 0 aromatic carbocycles. The van der Waals surface area contributed by atoms with Gasteiger partial charge in [0.1, 0.15) is 6.10 Å². The summed E-state index contributed by atoms with van der Waals surface area (Å²) in [5, 5.41) is 18.2. The molecule has 3 heteroatoms. The van der Waals surface area contributed by atoms with Crippen LogP contribution >= 0.6 is 0 Å². The van der Waals surface area contributed by atoms with Crippen LogP contribution < -0.4 is 0 Å². The number of hydrogen-bond acceptors (Lipinski definition) is 2. The molecule has 0 aliphatic rings. The van der Waals surface area contributed by atoms with Gasteiger partial charge in [0, 0.05) is 0 Å². The van der Waals surface area contributed by atoms with E-state index in [9.17, 15) is 9.90 Å². The summed E-state index contributed by atoms with van der Waals surface area (Å²) >= 11 is 0. The Bertz CT molecular complexity index is 350. The highest BCUT2D eigenvalue weighted by Crippen LogP contribution is 2.11. The highest BCUT2D eigenvalue weighted by atomic mass is 16.4. The van der Waals surface area contributed by atoms with Crippen LogP contribution in [0.5, 0.6) is 0 Å². The van der Waals surface area contributed by atoms with Gasteiger partial charge in [-0.1, -0.05) is 50.2 Å². The SMILES string of the molecule is C#C[C@@H](O)/C(=C\CCCCCCCCCC=C)C(=O)O. The van der Waals surface area contributed by atoms with E-state index in [-0.39, 0.29) is 5.57 Å². The Morgan fingerprint density at radius 2 is 1.60 bits per heavy atom. The molecule has 0 aliphatic heterocycles. The minimum absolute atomic E-state index is 0.0862. The molecule has 0 aromatic rings. The van der Waals surface area contributed by atoms with Crippen molar-refractivity contribution in [1.82, 2.24) is 0 Å². The summed E-state index contributed by atoms with van der Waals surface area (Å²) in [6, 6.07) is 0. The largest absolute Gasteiger partial charge is 0.478 e. The van der Waals surface area contributed by atoms with Crippen LogP contribution in [0.2, 0.25) is 0 Å². The summed E-state index contributed by atoms with van der Waals surface area (Å²) < 4.78 is 0. The molecule has 3 nitrogen and oxygen atoms in total. The first-order valence-corrected chi connectivity index (χ1v) is 7.32. The smallest absolute Gasteiger partial charge is 0.334 e. The minimum atomic E-state index is -1.31. The fourth-order valence-electron chi connectivity index (χ4n) is 1.98. The summed E-state index contributed by atoms with van der Waals surface area (Å²) in [6.07, 6.45) is 17.1. The molecule has 1 atom stereocenters. The molecule has 0 radical (unpaired) electrons. The van der Waals surface area contributed by atoms with Crippen molar-refractivity contribution < 1.29 is 15.0 Å². The van der Waals surface area contributed by atoms with E-state index >= 15 is 0 Å². The number of aliphatic carboxylic acids is 1. The molecular formula is C17H26O3. The zero-order valence-corrected chi connectivity index (χ0v) is 12.2. The van der Waals surface area contributed by atoms with Crippen molar-refractivity contribution in [3.63, 3.8) is 0 Å². The van der Waals surface area contributed by atoms with Crippen molar-refractivity contribution in [2.24, 2.45) is 0 Å². The van der Waals surface area contributed by atoms with Crippen LogP contribution in [0.1, 0.15) is 57.8 Å². The third-order valence-corrected chi connectivity index (χ3v) is 3.18. The molecule has 112 valence electrons. The number of unbranched alkanes of at least 4 members (excludes halogenated alkanes) is 8. The first-order valence-electron chi connectivity index (χ1n) is 7.32. The Morgan fingerprint density at radius 3 is 2.05 bits per heavy atom. The van der Waals surface area contributed by atoms with Crippen molar-refractivity contribution in [1.29, 1.82) is 0 Å². The molecule has 0 saturated carbocycles. The topological polar surface area (TPSA) is 57.5 Å². The average molecular weight is 278 g/mol. The Hall–Kier alpha value is -1.53. The number of carboxylic acid groups (broad SMARTS) is 1. The first kappa shape index (κ1) is 18.5. The van der Waals surface area contributed by atoms with Gasteiger partial charge in [-0.2, -0.15) is 0 Å². The van der Waals surface area contributed by atoms with Gasteiger partial charge in [0.05, 0.1) is 5.57 Å². The molecule has 0 saturated heterocycles. The molecule has 0 fully saturated rings. The summed E-state index contributed by atoms with van der Waals surface area (Å²) in [5.41, 5.74) is -0.0862. The van der Waals surface area contributed by atoms with Gasteiger partial charge in [-0.3, -0.25) is 0 Å². The number of carbonyl (C=O) groups is 1. The quantitative estimate of drug-likeness (QED) is 0.248. The zero-order chi connectivity index (χ0) is 15.2. The standard InChI is InChI=1S/C17H26O3/c1-3-5-6-7-8-9-10-11-12-13-14-15(17(19)20)16(18)4-2/h2-3,14,16,18H,1,5-13H2,(H,19,20)/b15-14+/t16-/m1/s1. The summed E-state index contributed by atoms with van der Waals surface area (Å²) in [6.45, 7) is 3.70. The lowest BCUT2D eigenvalue weighted by Gasteiger charge is -2.04. The maximum absolute atomic E-state index is 10.9. The lowest BCUT2D eigenvalue weighted by Crippen LogP contribution is -2.15. The van der Waals surface area contributed by atoms with Crippen LogP contribution in [0.4, 0.5) is 0 Å². The number of carboxylic acids is 1. The molecular weight excluding hydrogens is 252 g/mol. The zero-order valence-electron chi connectivity index (χ0n) is 12.2. The van der Waals surface area contributed by atoms with Crippen LogP contribution in [0.15, 0.2) is 24.3 Å². The highest BCUT2D eigenvalue weighted by molar-refractivity contribution is 5.88. The number of rotatable bonds is 12. The van der Waals surface area contributed by atoms with Gasteiger partial charge in [0.25, 0.3) is 0 Å². The lowest BCUT2D eigenvalue weighted by molar-refractivity contribution is -0.133. The van der Waals surface area contributed by atoms with Crippen molar-refractivity contribution >= 4 is 5.97 Å². The first-order chi connectivity index (χ1) is 9.63. The normalized spacial score (nSPS) is 12.7. The van der Waals surface area contributed by atoms with E-state index in [2.05, 4.69) is 6.58 Å². The van der Waals surface area contributed by atoms with E-state index in [0.717, 1.165) is 19.3 Å². The predicted molar refractivity (Wildman–Crippen MR) is 82.3 cm³/mol. The van der Waals surface area contributed by atoms with E-state index in [4.69, 9.17) is 11.5 Å². The van der Waals surface area contributed by atoms with E-state index in [1.165, 1.54) is 38.2 Å². The van der Waals surface area contributed by atoms with Crippen LogP contribution in [-0.4, -0.2) is 22.3 Å². The maximum Gasteiger partial charge on any atom is 0.334 e. The van der Waals surface area contributed by atoms with Gasteiger partial charge in [0.15, 0.2) is 0 Å². The fraction of sp³-hybridized carbons (Fsp3) is 0.588. The molecule has 0 aromatic heterocycles. The van der Waals surface area contributed by atoms with Gasteiger partial charge in [-0.25, -0.2) is 4.79 Å². The Labute approximate surface area is 122 Å². The van der Waals surface area contributed by atoms with Crippen LogP contribution in [0, 0.1) is 12.3 Å². The van der Waals surface area contributed by atoms with Crippen molar-refractivity contribution in [3.05, 3.63) is 24.3 Å². The predicted octanol–water partition coefficient (Wildman–Crippen LogP) is 3.69. The van der Waals surface area contributed by atoms with Gasteiger partial charge in [-0.15, -0.1) is 13.0 Å². The molecule has 0 heterocycles. The molecule has 0 amide bonds. The second-order valence-corrected chi connectivity index (χ2v) is 4.87. The molecule has 0 aliphatic carbocycles. The molecule has 0 bridgehead atoms. The van der Waals surface area contributed by atoms with E-state index in [1.807, 2.05) is 12.0 Å². The van der Waals surface area contributed by atoms with Gasteiger partial charge in [0.2, 0.25) is 0 Å². The van der Waals surface area contributed by atoms with Crippen LogP contribution in [-0.2, 0) is 4.79 Å². The number of allylic oxidation sites excluding steroid dienone is 2. The second-order valence-electron chi connectivity index (χ2n) is 4.87. The molecule has 20 heavy (non-hydrogen) atoms. The second kappa shape index (κ2) is 12.5. The Balaban J connectivity index is 3.66. The summed E-state index contributed by atoms with van der Waals surface area (Å²) in [5.74, 6) is 0.890. The van der Waals surface area contributed by atoms with Gasteiger partial charge in [-0.05, 0) is 25.7 Å². The van der Waals surface area contributed by atoms with E-state index < -0.39 is 12.1 Å². The number of aliphatic hydroxyl groups is 1. The minimum Gasteiger partial charge on any atom is -0.478 e. The van der Waals surface area contributed by atoms with Crippen molar-refractivity contribution in [2.45, 2.75) is 63.9 Å². The third kappa shape index (κ3) is 9.41. The third-order valence-electron chi connectivity index (χ3n) is 3.18. The molecule has 0 spiro atoms. The van der Waals surface area contributed by atoms with Gasteiger partial charge < -0.3 is 10.2 Å². The molecule has 2 N–H and O–H groups in total. The Kier molecular flexibility index (Phi) is 11.5. The van der Waals surface area contributed by atoms with Crippen molar-refractivity contribution in [2.75, 3.05) is 0 Å². The fourth-order valence-corrected chi connectivity index (χ4v) is 1.98. The summed E-state index contributed by atoms with van der Waals surface area (Å²) in [4.78, 5) is 10.9. The number of hydrogen-bond donors (Lipinski definition) is 2. The lowest BCUT2D eigenvalue weighted by atomic mass is 10.0. The van der Waals surface area contributed by atoms with E-state index in [1.54, 1.807) is 0 Å². The van der Waals surface area contributed by atoms with Crippen molar-refractivity contribution in [3.8, 4) is 12.3 Å². The monoisotopic (exact) mass is 278 g/mol. The molecule has 0 unspecified atom stereocenters. The highest BCUT2D eigenvalue weighted by Gasteiger charge is 2.14. The summed E-state index contributed by atoms with van der Waals surface area (Å²) in [7, 11) is 0. The van der Waals surface area contributed by atoms with Crippen LogP contribution in [0.25, 0.3) is 0 Å². The average Bonchev–Trinajstić information content (AvgIpc) is 2.43. The molecule has 0 rings (SSSR count). The Morgan fingerprint density at radius 1 is 1.10 bits per heavy atom. The van der Waals surface area contributed by atoms with Gasteiger partial charge >= 0.3 is 5.97 Å².